The Morgan fingerprint density at radius 2 is 2.09 bits per heavy atom. The molecule has 1 aliphatic heterocycles. The molecule has 0 bridgehead atoms. The molecule has 1 atom stereocenters. The van der Waals surface area contributed by atoms with Crippen LogP contribution in [-0.4, -0.2) is 47.6 Å². The molecule has 2 amide bonds. The van der Waals surface area contributed by atoms with Crippen molar-refractivity contribution in [2.24, 2.45) is 0 Å². The first-order valence-electron chi connectivity index (χ1n) is 7.56. The largest absolute Gasteiger partial charge is 0.396 e. The minimum absolute atomic E-state index is 0.0496. The van der Waals surface area contributed by atoms with Crippen LogP contribution in [0.25, 0.3) is 0 Å². The number of amides is 2. The molecule has 1 fully saturated rings. The Morgan fingerprint density at radius 1 is 1.32 bits per heavy atom. The number of carbonyl (C=O) groups excluding carboxylic acids is 2. The number of nitrogens with zero attached hydrogens (tertiary/aromatic N) is 1. The Bertz CT molecular complexity index is 534. The van der Waals surface area contributed by atoms with E-state index in [0.717, 1.165) is 19.3 Å². The molecule has 1 aromatic carbocycles. The molecule has 1 saturated heterocycles. The molecule has 1 heterocycles. The third-order valence-corrected chi connectivity index (χ3v) is 4.26. The average molecular weight is 325 g/mol. The molecule has 1 aromatic rings. The lowest BCUT2D eigenvalue weighted by atomic mass is 9.99. The van der Waals surface area contributed by atoms with E-state index in [0.29, 0.717) is 23.6 Å². The molecule has 2 rings (SSSR count). The molecule has 0 radical (unpaired) electrons. The van der Waals surface area contributed by atoms with Crippen molar-refractivity contribution >= 4 is 23.4 Å². The predicted molar refractivity (Wildman–Crippen MR) is 84.8 cm³/mol. The first-order valence-corrected chi connectivity index (χ1v) is 7.94. The minimum Gasteiger partial charge on any atom is -0.396 e. The monoisotopic (exact) mass is 324 g/mol. The highest BCUT2D eigenvalue weighted by Gasteiger charge is 2.26. The van der Waals surface area contributed by atoms with Gasteiger partial charge in [-0.15, -0.1) is 0 Å². The number of benzene rings is 1. The molecule has 0 aliphatic carbocycles. The third kappa shape index (κ3) is 4.21. The highest BCUT2D eigenvalue weighted by molar-refractivity contribution is 6.33. The van der Waals surface area contributed by atoms with Crippen LogP contribution in [0.1, 0.15) is 36.0 Å². The average Bonchev–Trinajstić information content (AvgIpc) is 2.53. The van der Waals surface area contributed by atoms with Crippen LogP contribution in [0, 0.1) is 0 Å². The van der Waals surface area contributed by atoms with Crippen molar-refractivity contribution < 1.29 is 14.7 Å². The second-order valence-electron chi connectivity index (χ2n) is 5.41. The second-order valence-corrected chi connectivity index (χ2v) is 5.82. The minimum atomic E-state index is -0.352. The number of likely N-dealkylation sites (tertiary alicyclic amines) is 1. The van der Waals surface area contributed by atoms with Gasteiger partial charge in [0.25, 0.3) is 5.91 Å². The van der Waals surface area contributed by atoms with Crippen LogP contribution >= 0.6 is 11.6 Å². The quantitative estimate of drug-likeness (QED) is 0.868. The molecule has 2 N–H and O–H groups in total. The molecule has 0 saturated carbocycles. The van der Waals surface area contributed by atoms with Crippen LogP contribution in [0.15, 0.2) is 24.3 Å². The van der Waals surface area contributed by atoms with E-state index in [2.05, 4.69) is 5.32 Å². The lowest BCUT2D eigenvalue weighted by Gasteiger charge is -2.35. The zero-order valence-corrected chi connectivity index (χ0v) is 13.2. The van der Waals surface area contributed by atoms with E-state index in [1.807, 2.05) is 0 Å². The van der Waals surface area contributed by atoms with Gasteiger partial charge in [0.15, 0.2) is 0 Å². The van der Waals surface area contributed by atoms with Crippen LogP contribution in [0.3, 0.4) is 0 Å². The molecule has 5 nitrogen and oxygen atoms in total. The molecular formula is C16H21ClN2O3. The Morgan fingerprint density at radius 3 is 2.82 bits per heavy atom. The number of hydrogen-bond donors (Lipinski definition) is 2. The van der Waals surface area contributed by atoms with Gasteiger partial charge in [-0.05, 0) is 37.8 Å². The van der Waals surface area contributed by atoms with Crippen molar-refractivity contribution in [1.82, 2.24) is 10.2 Å². The molecule has 1 unspecified atom stereocenters. The van der Waals surface area contributed by atoms with Crippen LogP contribution < -0.4 is 5.32 Å². The maximum Gasteiger partial charge on any atom is 0.253 e. The molecular weight excluding hydrogens is 304 g/mol. The first kappa shape index (κ1) is 16.8. The highest BCUT2D eigenvalue weighted by atomic mass is 35.5. The predicted octanol–water partition coefficient (Wildman–Crippen LogP) is 1.83. The van der Waals surface area contributed by atoms with Crippen LogP contribution in [-0.2, 0) is 4.79 Å². The van der Waals surface area contributed by atoms with Gasteiger partial charge in [0, 0.05) is 19.2 Å². The summed E-state index contributed by atoms with van der Waals surface area (Å²) in [5.41, 5.74) is 0.363. The van der Waals surface area contributed by atoms with E-state index in [4.69, 9.17) is 16.7 Å². The fourth-order valence-electron chi connectivity index (χ4n) is 2.78. The number of halogens is 1. The van der Waals surface area contributed by atoms with Gasteiger partial charge in [0.05, 0.1) is 17.1 Å². The SMILES string of the molecule is O=C(NCC(=O)N1CCCCC1CCO)c1ccccc1Cl. The summed E-state index contributed by atoms with van der Waals surface area (Å²) in [5, 5.41) is 12.1. The van der Waals surface area contributed by atoms with Crippen LogP contribution in [0.2, 0.25) is 5.02 Å². The van der Waals surface area contributed by atoms with Crippen molar-refractivity contribution in [1.29, 1.82) is 0 Å². The van der Waals surface area contributed by atoms with Crippen LogP contribution in [0.4, 0.5) is 0 Å². The zero-order chi connectivity index (χ0) is 15.9. The Balaban J connectivity index is 1.91. The summed E-state index contributed by atoms with van der Waals surface area (Å²) in [5.74, 6) is -0.465. The van der Waals surface area contributed by atoms with Gasteiger partial charge in [-0.25, -0.2) is 0 Å². The standard InChI is InChI=1S/C16H21ClN2O3/c17-14-7-2-1-6-13(14)16(22)18-11-15(21)19-9-4-3-5-12(19)8-10-20/h1-2,6-7,12,20H,3-5,8-11H2,(H,18,22). The van der Waals surface area contributed by atoms with E-state index in [1.165, 1.54) is 0 Å². The number of piperidine rings is 1. The van der Waals surface area contributed by atoms with Crippen LogP contribution in [0.5, 0.6) is 0 Å². The summed E-state index contributed by atoms with van der Waals surface area (Å²) in [6.45, 7) is 0.706. The molecule has 22 heavy (non-hydrogen) atoms. The number of aliphatic hydroxyl groups is 1. The van der Waals surface area contributed by atoms with Gasteiger partial charge in [0.1, 0.15) is 0 Å². The normalized spacial score (nSPS) is 18.1. The van der Waals surface area contributed by atoms with E-state index in [1.54, 1.807) is 29.2 Å². The van der Waals surface area contributed by atoms with Crippen molar-refractivity contribution in [3.63, 3.8) is 0 Å². The number of nitrogens with one attached hydrogen (secondary N) is 1. The van der Waals surface area contributed by atoms with E-state index in [-0.39, 0.29) is 31.0 Å². The first-order chi connectivity index (χ1) is 10.6. The molecule has 6 heteroatoms. The lowest BCUT2D eigenvalue weighted by Crippen LogP contribution is -2.48. The van der Waals surface area contributed by atoms with Gasteiger partial charge in [-0.3, -0.25) is 9.59 Å². The van der Waals surface area contributed by atoms with Crippen molar-refractivity contribution in [2.75, 3.05) is 19.7 Å². The second kappa shape index (κ2) is 8.15. The summed E-state index contributed by atoms with van der Waals surface area (Å²) in [6.07, 6.45) is 3.53. The number of rotatable bonds is 5. The van der Waals surface area contributed by atoms with Gasteiger partial charge in [0.2, 0.25) is 5.91 Å². The van der Waals surface area contributed by atoms with Crippen molar-refractivity contribution in [3.8, 4) is 0 Å². The maximum atomic E-state index is 12.3. The summed E-state index contributed by atoms with van der Waals surface area (Å²) < 4.78 is 0. The topological polar surface area (TPSA) is 69.6 Å². The Kier molecular flexibility index (Phi) is 6.21. The van der Waals surface area contributed by atoms with Gasteiger partial charge in [-0.2, -0.15) is 0 Å². The fraction of sp³-hybridized carbons (Fsp3) is 0.500. The summed E-state index contributed by atoms with van der Waals surface area (Å²) >= 11 is 5.96. The number of hydrogen-bond acceptors (Lipinski definition) is 3. The van der Waals surface area contributed by atoms with Gasteiger partial charge in [-0.1, -0.05) is 23.7 Å². The summed E-state index contributed by atoms with van der Waals surface area (Å²) in [6, 6.07) is 6.81. The van der Waals surface area contributed by atoms with Gasteiger partial charge < -0.3 is 15.3 Å². The maximum absolute atomic E-state index is 12.3. The summed E-state index contributed by atoms with van der Waals surface area (Å²) in [7, 11) is 0. The van der Waals surface area contributed by atoms with Gasteiger partial charge >= 0.3 is 0 Å². The molecule has 120 valence electrons. The molecule has 0 spiro atoms. The summed E-state index contributed by atoms with van der Waals surface area (Å²) in [4.78, 5) is 26.1. The zero-order valence-electron chi connectivity index (χ0n) is 12.4. The van der Waals surface area contributed by atoms with Crippen molar-refractivity contribution in [2.45, 2.75) is 31.7 Å². The Labute approximate surface area is 135 Å². The van der Waals surface area contributed by atoms with Crippen molar-refractivity contribution in [3.05, 3.63) is 34.9 Å². The third-order valence-electron chi connectivity index (χ3n) is 3.93. The van der Waals surface area contributed by atoms with E-state index < -0.39 is 0 Å². The van der Waals surface area contributed by atoms with E-state index >= 15 is 0 Å². The molecule has 0 aromatic heterocycles. The smallest absolute Gasteiger partial charge is 0.253 e. The number of aliphatic hydroxyl groups excluding tert-OH is 1. The fourth-order valence-corrected chi connectivity index (χ4v) is 3.00. The number of carbonyl (C=O) groups is 2. The molecule has 1 aliphatic rings. The highest BCUT2D eigenvalue weighted by Crippen LogP contribution is 2.19. The lowest BCUT2D eigenvalue weighted by molar-refractivity contribution is -0.134. The van der Waals surface area contributed by atoms with E-state index in [9.17, 15) is 9.59 Å². The Hall–Kier alpha value is -1.59.